The Morgan fingerprint density at radius 3 is 2.44 bits per heavy atom. The first-order chi connectivity index (χ1) is 13.2. The molecule has 1 fully saturated rings. The summed E-state index contributed by atoms with van der Waals surface area (Å²) in [5.41, 5.74) is 0.977. The molecule has 0 amide bonds. The Labute approximate surface area is 162 Å². The second-order valence-electron chi connectivity index (χ2n) is 7.11. The number of unbranched alkanes of at least 4 members (excludes halogenated alkanes) is 5. The van der Waals surface area contributed by atoms with Gasteiger partial charge in [-0.3, -0.25) is 0 Å². The molecule has 2 rings (SSSR count). The van der Waals surface area contributed by atoms with Gasteiger partial charge in [0, 0.05) is 6.61 Å². The maximum atomic E-state index is 10.5. The fourth-order valence-electron chi connectivity index (χ4n) is 3.24. The van der Waals surface area contributed by atoms with Crippen molar-refractivity contribution in [1.29, 1.82) is 0 Å². The highest BCUT2D eigenvalue weighted by Crippen LogP contribution is 2.28. The van der Waals surface area contributed by atoms with E-state index in [1.165, 1.54) is 25.7 Å². The average Bonchev–Trinajstić information content (AvgIpc) is 3.01. The van der Waals surface area contributed by atoms with Crippen LogP contribution in [0.3, 0.4) is 0 Å². The molecule has 1 aromatic rings. The Morgan fingerprint density at radius 1 is 1.04 bits per heavy atom. The minimum absolute atomic E-state index is 0.310. The molecule has 1 aromatic carbocycles. The molecule has 154 valence electrons. The second kappa shape index (κ2) is 12.4. The largest absolute Gasteiger partial charge is 0.394 e. The van der Waals surface area contributed by atoms with E-state index in [0.29, 0.717) is 13.2 Å². The van der Waals surface area contributed by atoms with Crippen LogP contribution in [0, 0.1) is 0 Å². The van der Waals surface area contributed by atoms with E-state index in [4.69, 9.17) is 14.2 Å². The zero-order valence-corrected chi connectivity index (χ0v) is 16.2. The highest BCUT2D eigenvalue weighted by Gasteiger charge is 2.48. The number of rotatable bonds is 13. The molecule has 6 nitrogen and oxygen atoms in total. The lowest BCUT2D eigenvalue weighted by Gasteiger charge is -2.21. The van der Waals surface area contributed by atoms with Crippen LogP contribution in [-0.4, -0.2) is 59.2 Å². The third kappa shape index (κ3) is 7.14. The van der Waals surface area contributed by atoms with Gasteiger partial charge in [0.25, 0.3) is 0 Å². The Hall–Kier alpha value is -1.02. The van der Waals surface area contributed by atoms with Crippen LogP contribution < -0.4 is 0 Å². The maximum absolute atomic E-state index is 10.5. The number of benzene rings is 1. The van der Waals surface area contributed by atoms with Crippen molar-refractivity contribution < 1.29 is 29.5 Å². The molecule has 0 spiro atoms. The van der Waals surface area contributed by atoms with Gasteiger partial charge in [0.2, 0.25) is 0 Å². The summed E-state index contributed by atoms with van der Waals surface area (Å²) in [6.07, 6.45) is 2.27. The summed E-state index contributed by atoms with van der Waals surface area (Å²) in [5.74, 6) is 0. The fraction of sp³-hybridized carbons (Fsp3) is 0.714. The molecule has 3 N–H and O–H groups in total. The summed E-state index contributed by atoms with van der Waals surface area (Å²) < 4.78 is 17.3. The third-order valence-corrected chi connectivity index (χ3v) is 4.86. The normalized spacial score (nSPS) is 26.4. The van der Waals surface area contributed by atoms with E-state index in [-0.39, 0.29) is 0 Å². The van der Waals surface area contributed by atoms with Crippen molar-refractivity contribution >= 4 is 0 Å². The van der Waals surface area contributed by atoms with Gasteiger partial charge in [-0.05, 0) is 12.0 Å². The first-order valence-corrected chi connectivity index (χ1v) is 10.1. The van der Waals surface area contributed by atoms with Crippen LogP contribution in [0.25, 0.3) is 0 Å². The molecule has 1 saturated heterocycles. The van der Waals surface area contributed by atoms with Crippen molar-refractivity contribution in [3.63, 3.8) is 0 Å². The third-order valence-electron chi connectivity index (χ3n) is 4.86. The Kier molecular flexibility index (Phi) is 10.3. The van der Waals surface area contributed by atoms with Gasteiger partial charge >= 0.3 is 0 Å². The lowest BCUT2D eigenvalue weighted by atomic mass is 10.1. The van der Waals surface area contributed by atoms with Crippen molar-refractivity contribution in [2.45, 2.75) is 82.8 Å². The smallest absolute Gasteiger partial charge is 0.186 e. The van der Waals surface area contributed by atoms with Crippen LogP contribution in [0.2, 0.25) is 0 Å². The summed E-state index contributed by atoms with van der Waals surface area (Å²) in [6.45, 7) is 2.53. The SMILES string of the molecule is CCCCCCCCO[C@H]1O[C@@H]([C@H](O)CO)[C@@H](O)[C@@H]1OCc1ccccc1. The average molecular weight is 382 g/mol. The van der Waals surface area contributed by atoms with E-state index in [2.05, 4.69) is 6.92 Å². The summed E-state index contributed by atoms with van der Waals surface area (Å²) >= 11 is 0. The zero-order chi connectivity index (χ0) is 19.5. The van der Waals surface area contributed by atoms with Gasteiger partial charge in [0.1, 0.15) is 24.4 Å². The van der Waals surface area contributed by atoms with Gasteiger partial charge in [-0.2, -0.15) is 0 Å². The Balaban J connectivity index is 1.84. The number of ether oxygens (including phenoxy) is 3. The van der Waals surface area contributed by atoms with Crippen LogP contribution in [0.4, 0.5) is 0 Å². The first kappa shape index (κ1) is 22.3. The van der Waals surface area contributed by atoms with Gasteiger partial charge in [0.15, 0.2) is 6.29 Å². The molecule has 0 saturated carbocycles. The summed E-state index contributed by atoms with van der Waals surface area (Å²) in [4.78, 5) is 0. The second-order valence-corrected chi connectivity index (χ2v) is 7.11. The summed E-state index contributed by atoms with van der Waals surface area (Å²) in [6, 6.07) is 9.65. The molecule has 0 aliphatic carbocycles. The van der Waals surface area contributed by atoms with Gasteiger partial charge in [0.05, 0.1) is 13.2 Å². The first-order valence-electron chi connectivity index (χ1n) is 10.1. The van der Waals surface area contributed by atoms with E-state index in [0.717, 1.165) is 18.4 Å². The van der Waals surface area contributed by atoms with E-state index in [1.54, 1.807) is 0 Å². The maximum Gasteiger partial charge on any atom is 0.186 e. The number of aliphatic hydroxyl groups excluding tert-OH is 3. The highest BCUT2D eigenvalue weighted by atomic mass is 16.7. The molecule has 5 atom stereocenters. The van der Waals surface area contributed by atoms with Crippen molar-refractivity contribution in [1.82, 2.24) is 0 Å². The summed E-state index contributed by atoms with van der Waals surface area (Å²) in [5, 5.41) is 29.6. The van der Waals surface area contributed by atoms with Crippen molar-refractivity contribution in [2.75, 3.05) is 13.2 Å². The van der Waals surface area contributed by atoms with Gasteiger partial charge in [-0.1, -0.05) is 69.4 Å². The molecular weight excluding hydrogens is 348 g/mol. The minimum atomic E-state index is -1.18. The molecule has 0 bridgehead atoms. The fourth-order valence-corrected chi connectivity index (χ4v) is 3.24. The molecule has 0 unspecified atom stereocenters. The lowest BCUT2D eigenvalue weighted by Crippen LogP contribution is -2.41. The zero-order valence-electron chi connectivity index (χ0n) is 16.2. The molecule has 1 aliphatic heterocycles. The number of hydrogen-bond donors (Lipinski definition) is 3. The molecule has 1 aliphatic rings. The molecule has 0 aromatic heterocycles. The Bertz CT molecular complexity index is 497. The topological polar surface area (TPSA) is 88.4 Å². The predicted molar refractivity (Wildman–Crippen MR) is 102 cm³/mol. The van der Waals surface area contributed by atoms with Crippen LogP contribution in [0.15, 0.2) is 30.3 Å². The molecule has 1 heterocycles. The van der Waals surface area contributed by atoms with E-state index < -0.39 is 37.3 Å². The van der Waals surface area contributed by atoms with Crippen LogP contribution in [0.1, 0.15) is 51.0 Å². The molecular formula is C21H34O6. The van der Waals surface area contributed by atoms with Gasteiger partial charge < -0.3 is 29.5 Å². The van der Waals surface area contributed by atoms with E-state index in [1.807, 2.05) is 30.3 Å². The van der Waals surface area contributed by atoms with Gasteiger partial charge in [-0.15, -0.1) is 0 Å². The number of hydrogen-bond acceptors (Lipinski definition) is 6. The standard InChI is InChI=1S/C21H34O6/c1-2-3-4-5-6-10-13-25-21-20(18(24)19(27-21)17(23)14-22)26-15-16-11-8-7-9-12-16/h7-9,11-12,17-24H,2-6,10,13-15H2,1H3/t17-,18-,19+,20+,21+/m1/s1. The Morgan fingerprint density at radius 2 is 1.74 bits per heavy atom. The van der Waals surface area contributed by atoms with Crippen LogP contribution >= 0.6 is 0 Å². The van der Waals surface area contributed by atoms with Crippen LogP contribution in [0.5, 0.6) is 0 Å². The monoisotopic (exact) mass is 382 g/mol. The van der Waals surface area contributed by atoms with Crippen molar-refractivity contribution in [3.8, 4) is 0 Å². The van der Waals surface area contributed by atoms with Crippen molar-refractivity contribution in [3.05, 3.63) is 35.9 Å². The number of aliphatic hydroxyl groups is 3. The van der Waals surface area contributed by atoms with Gasteiger partial charge in [-0.25, -0.2) is 0 Å². The van der Waals surface area contributed by atoms with Crippen LogP contribution in [-0.2, 0) is 20.8 Å². The lowest BCUT2D eigenvalue weighted by molar-refractivity contribution is -0.190. The predicted octanol–water partition coefficient (Wildman–Crippen LogP) is 2.39. The highest BCUT2D eigenvalue weighted by molar-refractivity contribution is 5.13. The minimum Gasteiger partial charge on any atom is -0.394 e. The van der Waals surface area contributed by atoms with E-state index >= 15 is 0 Å². The molecule has 0 radical (unpaired) electrons. The summed E-state index contributed by atoms with van der Waals surface area (Å²) in [7, 11) is 0. The molecule has 6 heteroatoms. The quantitative estimate of drug-likeness (QED) is 0.454. The van der Waals surface area contributed by atoms with E-state index in [9.17, 15) is 15.3 Å². The molecule has 27 heavy (non-hydrogen) atoms. The van der Waals surface area contributed by atoms with Crippen molar-refractivity contribution in [2.24, 2.45) is 0 Å².